The molecule has 176 valence electrons. The number of pyridine rings is 2. The molecule has 0 atom stereocenters. The Hall–Kier alpha value is -4.82. The molecule has 0 amide bonds. The van der Waals surface area contributed by atoms with Crippen LogP contribution in [0.2, 0.25) is 0 Å². The van der Waals surface area contributed by atoms with Crippen LogP contribution in [0.3, 0.4) is 0 Å². The molecule has 37 heavy (non-hydrogen) atoms. The SMILES string of the molecule is c1ccc(-c2ccccc2C(c2cccc(-c3ccccn3)c2)c2cccc(-c3ccccn3)c2)cc1. The van der Waals surface area contributed by atoms with Gasteiger partial charge in [0.25, 0.3) is 0 Å². The summed E-state index contributed by atoms with van der Waals surface area (Å²) in [4.78, 5) is 9.21. The van der Waals surface area contributed by atoms with Crippen molar-refractivity contribution >= 4 is 0 Å². The summed E-state index contributed by atoms with van der Waals surface area (Å²) >= 11 is 0. The van der Waals surface area contributed by atoms with Crippen LogP contribution in [0, 0.1) is 0 Å². The molecule has 0 saturated carbocycles. The lowest BCUT2D eigenvalue weighted by Crippen LogP contribution is -2.06. The van der Waals surface area contributed by atoms with Crippen molar-refractivity contribution in [2.24, 2.45) is 0 Å². The van der Waals surface area contributed by atoms with Crippen LogP contribution in [0.5, 0.6) is 0 Å². The fourth-order valence-corrected chi connectivity index (χ4v) is 5.00. The van der Waals surface area contributed by atoms with Crippen molar-refractivity contribution in [2.45, 2.75) is 5.92 Å². The molecule has 0 fully saturated rings. The molecule has 0 aliphatic carbocycles. The summed E-state index contributed by atoms with van der Waals surface area (Å²) in [7, 11) is 0. The minimum atomic E-state index is 0.0312. The molecular formula is C35H26N2. The van der Waals surface area contributed by atoms with Crippen LogP contribution in [-0.4, -0.2) is 9.97 Å². The van der Waals surface area contributed by atoms with Gasteiger partial charge in [-0.1, -0.05) is 103 Å². The monoisotopic (exact) mass is 474 g/mol. The largest absolute Gasteiger partial charge is 0.256 e. The molecule has 0 radical (unpaired) electrons. The smallest absolute Gasteiger partial charge is 0.0702 e. The Kier molecular flexibility index (Phi) is 6.38. The van der Waals surface area contributed by atoms with Gasteiger partial charge in [-0.15, -0.1) is 0 Å². The number of rotatable bonds is 6. The molecule has 6 aromatic rings. The Bertz CT molecular complexity index is 1530. The van der Waals surface area contributed by atoms with Crippen LogP contribution >= 0.6 is 0 Å². The van der Waals surface area contributed by atoms with Gasteiger partial charge in [-0.2, -0.15) is 0 Å². The summed E-state index contributed by atoms with van der Waals surface area (Å²) in [5, 5.41) is 0. The fraction of sp³-hybridized carbons (Fsp3) is 0.0286. The highest BCUT2D eigenvalue weighted by atomic mass is 14.7. The first kappa shape index (κ1) is 22.6. The molecular weight excluding hydrogens is 448 g/mol. The van der Waals surface area contributed by atoms with Crippen molar-refractivity contribution in [1.29, 1.82) is 0 Å². The normalized spacial score (nSPS) is 10.9. The maximum atomic E-state index is 4.61. The Balaban J connectivity index is 1.56. The number of hydrogen-bond acceptors (Lipinski definition) is 2. The molecule has 0 spiro atoms. The van der Waals surface area contributed by atoms with Gasteiger partial charge in [0, 0.05) is 29.4 Å². The minimum Gasteiger partial charge on any atom is -0.256 e. The maximum Gasteiger partial charge on any atom is 0.0702 e. The van der Waals surface area contributed by atoms with E-state index in [4.69, 9.17) is 0 Å². The zero-order chi connectivity index (χ0) is 24.9. The first-order valence-corrected chi connectivity index (χ1v) is 12.5. The zero-order valence-corrected chi connectivity index (χ0v) is 20.4. The van der Waals surface area contributed by atoms with E-state index in [9.17, 15) is 0 Å². The van der Waals surface area contributed by atoms with E-state index in [0.717, 1.165) is 22.5 Å². The zero-order valence-electron chi connectivity index (χ0n) is 20.4. The molecule has 0 N–H and O–H groups in total. The van der Waals surface area contributed by atoms with Gasteiger partial charge in [-0.25, -0.2) is 0 Å². The lowest BCUT2D eigenvalue weighted by atomic mass is 9.80. The summed E-state index contributed by atoms with van der Waals surface area (Å²) in [6, 6.07) is 49.1. The van der Waals surface area contributed by atoms with Crippen LogP contribution in [0.15, 0.2) is 152 Å². The summed E-state index contributed by atoms with van der Waals surface area (Å²) in [5.41, 5.74) is 10.3. The van der Waals surface area contributed by atoms with Gasteiger partial charge < -0.3 is 0 Å². The van der Waals surface area contributed by atoms with Crippen LogP contribution in [0.25, 0.3) is 33.6 Å². The minimum absolute atomic E-state index is 0.0312. The first-order valence-electron chi connectivity index (χ1n) is 12.5. The number of nitrogens with zero attached hydrogens (tertiary/aromatic N) is 2. The Morgan fingerprint density at radius 1 is 0.405 bits per heavy atom. The molecule has 2 aromatic heterocycles. The molecule has 2 heteroatoms. The average Bonchev–Trinajstić information content (AvgIpc) is 2.99. The Morgan fingerprint density at radius 3 is 1.49 bits per heavy atom. The highest BCUT2D eigenvalue weighted by Crippen LogP contribution is 2.39. The lowest BCUT2D eigenvalue weighted by molar-refractivity contribution is 0.980. The molecule has 0 unspecified atom stereocenters. The number of aromatic nitrogens is 2. The number of hydrogen-bond donors (Lipinski definition) is 0. The Morgan fingerprint density at radius 2 is 0.919 bits per heavy atom. The van der Waals surface area contributed by atoms with Gasteiger partial charge in [-0.3, -0.25) is 9.97 Å². The van der Waals surface area contributed by atoms with Crippen molar-refractivity contribution in [3.63, 3.8) is 0 Å². The summed E-state index contributed by atoms with van der Waals surface area (Å²) in [6.45, 7) is 0. The van der Waals surface area contributed by atoms with Gasteiger partial charge >= 0.3 is 0 Å². The van der Waals surface area contributed by atoms with E-state index in [1.165, 1.54) is 27.8 Å². The second kappa shape index (κ2) is 10.4. The van der Waals surface area contributed by atoms with Crippen LogP contribution in [0.1, 0.15) is 22.6 Å². The van der Waals surface area contributed by atoms with E-state index in [-0.39, 0.29) is 5.92 Å². The maximum absolute atomic E-state index is 4.61. The molecule has 4 aromatic carbocycles. The van der Waals surface area contributed by atoms with Gasteiger partial charge in [0.2, 0.25) is 0 Å². The van der Waals surface area contributed by atoms with Crippen LogP contribution in [-0.2, 0) is 0 Å². The fourth-order valence-electron chi connectivity index (χ4n) is 5.00. The van der Waals surface area contributed by atoms with Crippen molar-refractivity contribution in [2.75, 3.05) is 0 Å². The molecule has 0 aliphatic heterocycles. The van der Waals surface area contributed by atoms with E-state index in [1.54, 1.807) is 0 Å². The molecule has 0 saturated heterocycles. The standard InChI is InChI=1S/C35H26N2/c1-2-12-26(13-3-1)31-18-4-5-19-32(31)35(29-16-10-14-27(24-29)33-20-6-8-22-36-33)30-17-11-15-28(25-30)34-21-7-9-23-37-34/h1-25,35H. The third kappa shape index (κ3) is 4.82. The molecule has 6 rings (SSSR count). The third-order valence-electron chi connectivity index (χ3n) is 6.72. The van der Waals surface area contributed by atoms with E-state index >= 15 is 0 Å². The van der Waals surface area contributed by atoms with Gasteiger partial charge in [0.1, 0.15) is 0 Å². The highest BCUT2D eigenvalue weighted by molar-refractivity contribution is 5.72. The van der Waals surface area contributed by atoms with Crippen molar-refractivity contribution in [1.82, 2.24) is 9.97 Å². The summed E-state index contributed by atoms with van der Waals surface area (Å²) in [5.74, 6) is 0.0312. The summed E-state index contributed by atoms with van der Waals surface area (Å²) < 4.78 is 0. The highest BCUT2D eigenvalue weighted by Gasteiger charge is 2.21. The molecule has 2 heterocycles. The first-order chi connectivity index (χ1) is 18.4. The average molecular weight is 475 g/mol. The van der Waals surface area contributed by atoms with E-state index < -0.39 is 0 Å². The third-order valence-corrected chi connectivity index (χ3v) is 6.72. The summed E-state index contributed by atoms with van der Waals surface area (Å²) in [6.07, 6.45) is 3.70. The van der Waals surface area contributed by atoms with E-state index in [1.807, 2.05) is 36.7 Å². The quantitative estimate of drug-likeness (QED) is 0.226. The van der Waals surface area contributed by atoms with Gasteiger partial charge in [0.05, 0.1) is 11.4 Å². The number of benzene rings is 4. The second-order valence-electron chi connectivity index (χ2n) is 9.07. The molecule has 0 bridgehead atoms. The van der Waals surface area contributed by atoms with E-state index in [0.29, 0.717) is 0 Å². The van der Waals surface area contributed by atoms with Crippen molar-refractivity contribution in [3.05, 3.63) is 169 Å². The Labute approximate surface area is 218 Å². The lowest BCUT2D eigenvalue weighted by Gasteiger charge is -2.23. The van der Waals surface area contributed by atoms with Gasteiger partial charge in [0.15, 0.2) is 0 Å². The predicted octanol–water partition coefficient (Wildman–Crippen LogP) is 8.66. The van der Waals surface area contributed by atoms with Gasteiger partial charge in [-0.05, 0) is 64.2 Å². The second-order valence-corrected chi connectivity index (χ2v) is 9.07. The topological polar surface area (TPSA) is 25.8 Å². The molecule has 0 aliphatic rings. The van der Waals surface area contributed by atoms with Crippen molar-refractivity contribution < 1.29 is 0 Å². The molecule has 2 nitrogen and oxygen atoms in total. The van der Waals surface area contributed by atoms with Crippen LogP contribution < -0.4 is 0 Å². The predicted molar refractivity (Wildman–Crippen MR) is 152 cm³/mol. The van der Waals surface area contributed by atoms with Crippen molar-refractivity contribution in [3.8, 4) is 33.6 Å². The van der Waals surface area contributed by atoms with E-state index in [2.05, 4.69) is 125 Å². The van der Waals surface area contributed by atoms with Crippen LogP contribution in [0.4, 0.5) is 0 Å².